The molecule has 2 aliphatic rings. The molecule has 0 amide bonds. The third-order valence-corrected chi connectivity index (χ3v) is 5.80. The number of hydrogen-bond donors (Lipinski definition) is 2. The van der Waals surface area contributed by atoms with Crippen molar-refractivity contribution in [1.82, 2.24) is 20.5 Å². The third kappa shape index (κ3) is 5.48. The third-order valence-electron chi connectivity index (χ3n) is 5.50. The fraction of sp³-hybridized carbons (Fsp3) is 0.700. The van der Waals surface area contributed by atoms with Gasteiger partial charge in [-0.2, -0.15) is 0 Å². The normalized spacial score (nSPS) is 22.3. The van der Waals surface area contributed by atoms with Crippen molar-refractivity contribution in [3.8, 4) is 0 Å². The first kappa shape index (κ1) is 20.2. The van der Waals surface area contributed by atoms with Crippen molar-refractivity contribution >= 4 is 23.4 Å². The van der Waals surface area contributed by atoms with Crippen LogP contribution in [0.3, 0.4) is 0 Å². The molecule has 7 heteroatoms. The summed E-state index contributed by atoms with van der Waals surface area (Å²) >= 11 is 6.30. The van der Waals surface area contributed by atoms with E-state index in [1.165, 1.54) is 25.9 Å². The molecule has 0 saturated carbocycles. The number of aliphatic imine (C=N–C) groups is 1. The van der Waals surface area contributed by atoms with E-state index in [0.29, 0.717) is 12.1 Å². The first-order chi connectivity index (χ1) is 13.2. The van der Waals surface area contributed by atoms with Crippen LogP contribution in [-0.2, 0) is 0 Å². The highest BCUT2D eigenvalue weighted by molar-refractivity contribution is 6.32. The van der Waals surface area contributed by atoms with Gasteiger partial charge in [0.25, 0.3) is 0 Å². The number of halogens is 1. The summed E-state index contributed by atoms with van der Waals surface area (Å²) in [5, 5.41) is 7.74. The SMILES string of the molecule is CCNC(=NCC(CC)N1CCCC1)NC1CCN(c2ncccc2Cl)C1. The zero-order valence-corrected chi connectivity index (χ0v) is 17.4. The van der Waals surface area contributed by atoms with Crippen LogP contribution in [-0.4, -0.2) is 67.2 Å². The summed E-state index contributed by atoms with van der Waals surface area (Å²) in [4.78, 5) is 14.2. The van der Waals surface area contributed by atoms with Gasteiger partial charge in [0.05, 0.1) is 11.6 Å². The van der Waals surface area contributed by atoms with Gasteiger partial charge in [-0.25, -0.2) is 4.98 Å². The monoisotopic (exact) mass is 392 g/mol. The number of nitrogens with one attached hydrogen (secondary N) is 2. The highest BCUT2D eigenvalue weighted by atomic mass is 35.5. The van der Waals surface area contributed by atoms with Gasteiger partial charge < -0.3 is 15.5 Å². The van der Waals surface area contributed by atoms with E-state index >= 15 is 0 Å². The van der Waals surface area contributed by atoms with Crippen molar-refractivity contribution in [1.29, 1.82) is 0 Å². The molecule has 0 radical (unpaired) electrons. The Kier molecular flexibility index (Phi) is 7.59. The van der Waals surface area contributed by atoms with Gasteiger partial charge in [-0.15, -0.1) is 0 Å². The molecule has 0 aliphatic carbocycles. The van der Waals surface area contributed by atoms with E-state index in [4.69, 9.17) is 16.6 Å². The summed E-state index contributed by atoms with van der Waals surface area (Å²) in [6, 6.07) is 4.68. The molecule has 3 heterocycles. The van der Waals surface area contributed by atoms with E-state index in [1.54, 1.807) is 6.20 Å². The average molecular weight is 393 g/mol. The minimum absolute atomic E-state index is 0.354. The van der Waals surface area contributed by atoms with Crippen LogP contribution in [0.1, 0.15) is 39.5 Å². The lowest BCUT2D eigenvalue weighted by molar-refractivity contribution is 0.242. The number of rotatable bonds is 7. The lowest BCUT2D eigenvalue weighted by Gasteiger charge is -2.25. The van der Waals surface area contributed by atoms with Gasteiger partial charge in [0, 0.05) is 37.9 Å². The summed E-state index contributed by atoms with van der Waals surface area (Å²) in [6.45, 7) is 10.4. The number of nitrogens with zero attached hydrogens (tertiary/aromatic N) is 4. The predicted octanol–water partition coefficient (Wildman–Crippen LogP) is 2.74. The molecule has 1 aromatic heterocycles. The molecular formula is C20H33ClN6. The van der Waals surface area contributed by atoms with E-state index < -0.39 is 0 Å². The van der Waals surface area contributed by atoms with Crippen molar-refractivity contribution in [2.45, 2.75) is 51.6 Å². The number of pyridine rings is 1. The lowest BCUT2D eigenvalue weighted by atomic mass is 10.2. The molecule has 2 aliphatic heterocycles. The fourth-order valence-corrected chi connectivity index (χ4v) is 4.24. The second-order valence-corrected chi connectivity index (χ2v) is 7.82. The lowest BCUT2D eigenvalue weighted by Crippen LogP contribution is -2.45. The Labute approximate surface area is 168 Å². The van der Waals surface area contributed by atoms with Gasteiger partial charge in [-0.1, -0.05) is 18.5 Å². The van der Waals surface area contributed by atoms with Crippen LogP contribution in [0.5, 0.6) is 0 Å². The summed E-state index contributed by atoms with van der Waals surface area (Å²) in [7, 11) is 0. The summed E-state index contributed by atoms with van der Waals surface area (Å²) in [5.41, 5.74) is 0. The Balaban J connectivity index is 1.56. The second-order valence-electron chi connectivity index (χ2n) is 7.41. The van der Waals surface area contributed by atoms with Crippen molar-refractivity contribution in [2.24, 2.45) is 4.99 Å². The Hall–Kier alpha value is -1.53. The topological polar surface area (TPSA) is 55.8 Å². The van der Waals surface area contributed by atoms with Gasteiger partial charge in [-0.05, 0) is 57.8 Å². The molecule has 2 fully saturated rings. The molecule has 2 unspecified atom stereocenters. The smallest absolute Gasteiger partial charge is 0.191 e. The molecular weight excluding hydrogens is 360 g/mol. The fourth-order valence-electron chi connectivity index (χ4n) is 4.00. The molecule has 150 valence electrons. The van der Waals surface area contributed by atoms with Gasteiger partial charge in [0.15, 0.2) is 5.96 Å². The molecule has 6 nitrogen and oxygen atoms in total. The van der Waals surface area contributed by atoms with Crippen molar-refractivity contribution < 1.29 is 0 Å². The van der Waals surface area contributed by atoms with Crippen LogP contribution in [0.15, 0.2) is 23.3 Å². The average Bonchev–Trinajstić information content (AvgIpc) is 3.35. The maximum Gasteiger partial charge on any atom is 0.191 e. The number of hydrogen-bond acceptors (Lipinski definition) is 4. The Bertz CT molecular complexity index is 616. The standard InChI is InChI=1S/C20H33ClN6/c1-3-17(26-11-5-6-12-26)14-24-20(22-4-2)25-16-9-13-27(15-16)19-18(21)8-7-10-23-19/h7-8,10,16-17H,3-6,9,11-15H2,1-2H3,(H2,22,24,25). The molecule has 2 saturated heterocycles. The Morgan fingerprint density at radius 1 is 1.33 bits per heavy atom. The van der Waals surface area contributed by atoms with Crippen molar-refractivity contribution in [2.75, 3.05) is 44.2 Å². The second kappa shape index (κ2) is 10.1. The van der Waals surface area contributed by atoms with E-state index in [1.807, 2.05) is 12.1 Å². The quantitative estimate of drug-likeness (QED) is 0.552. The zero-order valence-electron chi connectivity index (χ0n) is 16.6. The summed E-state index contributed by atoms with van der Waals surface area (Å²) in [5.74, 6) is 1.81. The molecule has 0 spiro atoms. The van der Waals surface area contributed by atoms with Gasteiger partial charge >= 0.3 is 0 Å². The molecule has 2 atom stereocenters. The van der Waals surface area contributed by atoms with E-state index in [-0.39, 0.29) is 0 Å². The van der Waals surface area contributed by atoms with Crippen LogP contribution < -0.4 is 15.5 Å². The molecule has 27 heavy (non-hydrogen) atoms. The highest BCUT2D eigenvalue weighted by Gasteiger charge is 2.26. The number of guanidine groups is 1. The van der Waals surface area contributed by atoms with Crippen LogP contribution in [0.25, 0.3) is 0 Å². The molecule has 1 aromatic rings. The first-order valence-electron chi connectivity index (χ1n) is 10.4. The predicted molar refractivity (Wildman–Crippen MR) is 114 cm³/mol. The Morgan fingerprint density at radius 2 is 2.15 bits per heavy atom. The summed E-state index contributed by atoms with van der Waals surface area (Å²) < 4.78 is 0. The molecule has 0 aromatic carbocycles. The van der Waals surface area contributed by atoms with Gasteiger partial charge in [0.2, 0.25) is 0 Å². The number of likely N-dealkylation sites (tertiary alicyclic amines) is 1. The summed E-state index contributed by atoms with van der Waals surface area (Å²) in [6.07, 6.45) is 6.66. The largest absolute Gasteiger partial charge is 0.357 e. The van der Waals surface area contributed by atoms with Crippen LogP contribution in [0, 0.1) is 0 Å². The van der Waals surface area contributed by atoms with Crippen LogP contribution in [0.4, 0.5) is 5.82 Å². The number of anilines is 1. The van der Waals surface area contributed by atoms with Crippen LogP contribution >= 0.6 is 11.6 Å². The number of aromatic nitrogens is 1. The highest BCUT2D eigenvalue weighted by Crippen LogP contribution is 2.25. The van der Waals surface area contributed by atoms with E-state index in [9.17, 15) is 0 Å². The molecule has 2 N–H and O–H groups in total. The van der Waals surface area contributed by atoms with Crippen LogP contribution in [0.2, 0.25) is 5.02 Å². The minimum Gasteiger partial charge on any atom is -0.357 e. The Morgan fingerprint density at radius 3 is 2.85 bits per heavy atom. The maximum atomic E-state index is 6.30. The van der Waals surface area contributed by atoms with Gasteiger partial charge in [-0.3, -0.25) is 9.89 Å². The maximum absolute atomic E-state index is 6.30. The zero-order chi connectivity index (χ0) is 19.1. The van der Waals surface area contributed by atoms with E-state index in [0.717, 1.165) is 55.8 Å². The molecule has 0 bridgehead atoms. The van der Waals surface area contributed by atoms with Crippen molar-refractivity contribution in [3.05, 3.63) is 23.4 Å². The first-order valence-corrected chi connectivity index (χ1v) is 10.7. The molecule has 3 rings (SSSR count). The van der Waals surface area contributed by atoms with Crippen molar-refractivity contribution in [3.63, 3.8) is 0 Å². The minimum atomic E-state index is 0.354. The van der Waals surface area contributed by atoms with Gasteiger partial charge in [0.1, 0.15) is 5.82 Å². The van der Waals surface area contributed by atoms with E-state index in [2.05, 4.69) is 39.3 Å².